The topological polar surface area (TPSA) is 129 Å². The molecule has 0 aromatic heterocycles. The fraction of sp³-hybridized carbons (Fsp3) is 0.172. The molecule has 0 spiro atoms. The van der Waals surface area contributed by atoms with E-state index in [9.17, 15) is 40.0 Å². The summed E-state index contributed by atoms with van der Waals surface area (Å²) < 4.78 is 96.1. The Kier molecular flexibility index (Phi) is 10.2. The molecule has 1 aliphatic carbocycles. The summed E-state index contributed by atoms with van der Waals surface area (Å²) in [5.74, 6) is -8.25. The molecule has 14 heteroatoms. The highest BCUT2D eigenvalue weighted by Crippen LogP contribution is 2.53. The summed E-state index contributed by atoms with van der Waals surface area (Å²) in [6.45, 7) is 0. The van der Waals surface area contributed by atoms with Crippen LogP contribution in [0.4, 0.5) is 22.0 Å². The van der Waals surface area contributed by atoms with Crippen molar-refractivity contribution in [2.45, 2.75) is 32.5 Å². The molecule has 0 heterocycles. The van der Waals surface area contributed by atoms with E-state index in [0.29, 0.717) is 12.2 Å². The number of carboxylic acid groups (broad SMARTS) is 2. The summed E-state index contributed by atoms with van der Waals surface area (Å²) in [6.07, 6.45) is -6.39. The van der Waals surface area contributed by atoms with Gasteiger partial charge in [0.15, 0.2) is 20.1 Å². The van der Waals surface area contributed by atoms with Crippen molar-refractivity contribution < 1.29 is 54.7 Å². The fourth-order valence-corrected chi connectivity index (χ4v) is 7.23. The molecule has 4 rings (SSSR count). The SMILES string of the molecule is O=C(O)C1C(CC(F)(F)F)=CC=CC1(C(=O)O)C(F)(F)S(=O)(=O)O.c1ccc([S+](c2ccccc2)c2ccccc2)cc1. The van der Waals surface area contributed by atoms with Gasteiger partial charge in [0.1, 0.15) is 5.92 Å². The summed E-state index contributed by atoms with van der Waals surface area (Å²) in [6, 6.07) is 32.2. The Labute approximate surface area is 246 Å². The highest BCUT2D eigenvalue weighted by Gasteiger charge is 2.72. The largest absolute Gasteiger partial charge is 0.481 e. The summed E-state index contributed by atoms with van der Waals surface area (Å²) in [5.41, 5.74) is -5.47. The molecule has 2 unspecified atom stereocenters. The second-order valence-corrected chi connectivity index (χ2v) is 12.6. The van der Waals surface area contributed by atoms with Gasteiger partial charge < -0.3 is 10.2 Å². The van der Waals surface area contributed by atoms with Crippen LogP contribution in [-0.2, 0) is 30.6 Å². The van der Waals surface area contributed by atoms with E-state index in [0.717, 1.165) is 0 Å². The third-order valence-corrected chi connectivity index (χ3v) is 9.46. The first-order chi connectivity index (χ1) is 20.0. The quantitative estimate of drug-likeness (QED) is 0.146. The Morgan fingerprint density at radius 3 is 1.47 bits per heavy atom. The highest BCUT2D eigenvalue weighted by molar-refractivity contribution is 7.97. The molecular formula is C29H24F5O7S2+. The number of halogens is 5. The van der Waals surface area contributed by atoms with Gasteiger partial charge in [0, 0.05) is 0 Å². The molecule has 7 nitrogen and oxygen atoms in total. The van der Waals surface area contributed by atoms with Gasteiger partial charge in [-0.05, 0) is 42.0 Å². The predicted molar refractivity (Wildman–Crippen MR) is 147 cm³/mol. The lowest BCUT2D eigenvalue weighted by molar-refractivity contribution is -0.174. The average Bonchev–Trinajstić information content (AvgIpc) is 2.93. The van der Waals surface area contributed by atoms with Crippen LogP contribution >= 0.6 is 0 Å². The standard InChI is InChI=1S/C18H15S.C11H9F5O7S/c1-4-10-16(11-5-1)19(17-12-6-2-7-13-17)18-14-8-3-9-15-18;12-10(13,14)4-5-2-1-3-9(8(19)20,6(5)7(17)18)11(15,16)24(21,22)23/h1-15H;1-3,6H,4H2,(H,17,18)(H,19,20)(H,21,22,23)/q+1;. The zero-order valence-electron chi connectivity index (χ0n) is 21.9. The first-order valence-electron chi connectivity index (χ1n) is 12.2. The van der Waals surface area contributed by atoms with Gasteiger partial charge in [0.2, 0.25) is 0 Å². The summed E-state index contributed by atoms with van der Waals surface area (Å²) in [5, 5.41) is 12.4. The minimum Gasteiger partial charge on any atom is -0.481 e. The van der Waals surface area contributed by atoms with E-state index in [4.69, 9.17) is 14.8 Å². The summed E-state index contributed by atoms with van der Waals surface area (Å²) in [7, 11) is -6.49. The van der Waals surface area contributed by atoms with Gasteiger partial charge in [-0.15, -0.1) is 0 Å². The monoisotopic (exact) mass is 643 g/mol. The Morgan fingerprint density at radius 2 is 1.16 bits per heavy atom. The lowest BCUT2D eigenvalue weighted by Gasteiger charge is -2.39. The molecule has 0 radical (unpaired) electrons. The molecule has 0 aliphatic heterocycles. The van der Waals surface area contributed by atoms with Crippen LogP contribution in [0, 0.1) is 11.3 Å². The normalized spacial score (nSPS) is 18.8. The minimum atomic E-state index is -6.48. The van der Waals surface area contributed by atoms with Crippen LogP contribution < -0.4 is 0 Å². The van der Waals surface area contributed by atoms with Crippen LogP contribution in [0.2, 0.25) is 0 Å². The molecule has 0 saturated carbocycles. The van der Waals surface area contributed by atoms with Crippen molar-refractivity contribution in [2.75, 3.05) is 0 Å². The van der Waals surface area contributed by atoms with Crippen LogP contribution in [0.5, 0.6) is 0 Å². The van der Waals surface area contributed by atoms with Crippen molar-refractivity contribution in [3.05, 3.63) is 115 Å². The van der Waals surface area contributed by atoms with Crippen LogP contribution in [-0.4, -0.2) is 46.6 Å². The zero-order valence-corrected chi connectivity index (χ0v) is 23.5. The number of alkyl halides is 5. The molecule has 3 aromatic rings. The molecule has 43 heavy (non-hydrogen) atoms. The number of carbonyl (C=O) groups is 2. The molecule has 228 valence electrons. The van der Waals surface area contributed by atoms with E-state index >= 15 is 0 Å². The zero-order chi connectivity index (χ0) is 32.1. The molecule has 1 aliphatic rings. The van der Waals surface area contributed by atoms with Gasteiger partial charge in [0.05, 0.1) is 17.3 Å². The Hall–Kier alpha value is -4.01. The molecule has 0 amide bonds. The van der Waals surface area contributed by atoms with E-state index in [-0.39, 0.29) is 17.0 Å². The number of aliphatic carboxylic acids is 2. The van der Waals surface area contributed by atoms with Gasteiger partial charge in [0.25, 0.3) is 0 Å². The van der Waals surface area contributed by atoms with E-state index in [2.05, 4.69) is 91.0 Å². The van der Waals surface area contributed by atoms with E-state index in [1.54, 1.807) is 0 Å². The molecule has 0 bridgehead atoms. The number of benzene rings is 3. The smallest absolute Gasteiger partial charge is 0.392 e. The van der Waals surface area contributed by atoms with Crippen molar-refractivity contribution in [3.8, 4) is 0 Å². The molecule has 3 aromatic carbocycles. The number of allylic oxidation sites excluding steroid dienone is 2. The lowest BCUT2D eigenvalue weighted by Crippen LogP contribution is -2.58. The minimum absolute atomic E-state index is 0.0146. The first kappa shape index (κ1) is 33.5. The van der Waals surface area contributed by atoms with Gasteiger partial charge in [-0.2, -0.15) is 30.4 Å². The van der Waals surface area contributed by atoms with Crippen molar-refractivity contribution in [3.63, 3.8) is 0 Å². The maximum Gasteiger partial charge on any atom is 0.392 e. The molecule has 0 saturated heterocycles. The molecule has 0 fully saturated rings. The molecule has 2 atom stereocenters. The van der Waals surface area contributed by atoms with Crippen LogP contribution in [0.25, 0.3) is 0 Å². The van der Waals surface area contributed by atoms with Gasteiger partial charge in [-0.1, -0.05) is 72.8 Å². The third kappa shape index (κ3) is 7.32. The first-order valence-corrected chi connectivity index (χ1v) is 14.8. The maximum atomic E-state index is 14.1. The third-order valence-electron chi connectivity index (χ3n) is 6.24. The number of hydrogen-bond acceptors (Lipinski definition) is 4. The highest BCUT2D eigenvalue weighted by atomic mass is 32.2. The average molecular weight is 644 g/mol. The van der Waals surface area contributed by atoms with E-state index < -0.39 is 56.8 Å². The second-order valence-electron chi connectivity index (χ2n) is 9.08. The molecular weight excluding hydrogens is 619 g/mol. The fourth-order valence-electron chi connectivity index (χ4n) is 4.43. The summed E-state index contributed by atoms with van der Waals surface area (Å²) in [4.78, 5) is 26.6. The van der Waals surface area contributed by atoms with Crippen LogP contribution in [0.1, 0.15) is 6.42 Å². The predicted octanol–water partition coefficient (Wildman–Crippen LogP) is 6.47. The Bertz CT molecular complexity index is 1500. The van der Waals surface area contributed by atoms with Gasteiger partial charge >= 0.3 is 33.5 Å². The van der Waals surface area contributed by atoms with Crippen molar-refractivity contribution in [2.24, 2.45) is 11.3 Å². The Balaban J connectivity index is 0.000000241. The number of carboxylic acids is 2. The number of hydrogen-bond donors (Lipinski definition) is 3. The van der Waals surface area contributed by atoms with Gasteiger partial charge in [-0.3, -0.25) is 14.1 Å². The molecule has 3 N–H and O–H groups in total. The van der Waals surface area contributed by atoms with Crippen molar-refractivity contribution in [1.82, 2.24) is 0 Å². The van der Waals surface area contributed by atoms with E-state index in [1.807, 2.05) is 0 Å². The Morgan fingerprint density at radius 1 is 0.767 bits per heavy atom. The van der Waals surface area contributed by atoms with Crippen LogP contribution in [0.3, 0.4) is 0 Å². The van der Waals surface area contributed by atoms with Gasteiger partial charge in [-0.25, -0.2) is 0 Å². The lowest BCUT2D eigenvalue weighted by atomic mass is 9.68. The second kappa shape index (κ2) is 13.1. The maximum absolute atomic E-state index is 14.1. The van der Waals surface area contributed by atoms with Crippen molar-refractivity contribution in [1.29, 1.82) is 0 Å². The van der Waals surface area contributed by atoms with Crippen molar-refractivity contribution >= 4 is 33.0 Å². The number of rotatable bonds is 8. The van der Waals surface area contributed by atoms with E-state index in [1.165, 1.54) is 14.7 Å². The summed E-state index contributed by atoms with van der Waals surface area (Å²) >= 11 is 0. The van der Waals surface area contributed by atoms with Crippen LogP contribution in [0.15, 0.2) is 129 Å².